The third kappa shape index (κ3) is 4.16. The fourth-order valence-electron chi connectivity index (χ4n) is 1.77. The molecule has 92 valence electrons. The van der Waals surface area contributed by atoms with Crippen molar-refractivity contribution in [3.8, 4) is 0 Å². The molecule has 0 amide bonds. The minimum Gasteiger partial charge on any atom is -0.305 e. The van der Waals surface area contributed by atoms with E-state index in [4.69, 9.17) is 0 Å². The minimum atomic E-state index is 0.969. The number of hydrogen-bond acceptors (Lipinski definition) is 2. The van der Waals surface area contributed by atoms with Crippen molar-refractivity contribution in [2.75, 3.05) is 14.1 Å². The molecule has 0 fully saturated rings. The Balaban J connectivity index is 3.03. The Morgan fingerprint density at radius 3 is 2.59 bits per heavy atom. The highest BCUT2D eigenvalue weighted by Gasteiger charge is 2.02. The van der Waals surface area contributed by atoms with Crippen LogP contribution in [0.3, 0.4) is 0 Å². The molecule has 17 heavy (non-hydrogen) atoms. The molecule has 2 heteroatoms. The van der Waals surface area contributed by atoms with Gasteiger partial charge in [0.1, 0.15) is 0 Å². The zero-order chi connectivity index (χ0) is 12.8. The van der Waals surface area contributed by atoms with Crippen molar-refractivity contribution < 1.29 is 0 Å². The van der Waals surface area contributed by atoms with Crippen molar-refractivity contribution in [3.05, 3.63) is 41.1 Å². The Bertz CT molecular complexity index is 428. The molecule has 0 radical (unpaired) electrons. The van der Waals surface area contributed by atoms with E-state index in [2.05, 4.69) is 55.2 Å². The number of allylic oxidation sites excluding steroid dienone is 2. The van der Waals surface area contributed by atoms with Crippen molar-refractivity contribution >= 4 is 11.8 Å². The molecule has 0 aromatic heterocycles. The van der Waals surface area contributed by atoms with E-state index >= 15 is 0 Å². The van der Waals surface area contributed by atoms with Crippen molar-refractivity contribution in [1.82, 2.24) is 4.90 Å². The zero-order valence-corrected chi connectivity index (χ0v) is 11.5. The number of nitrogens with zero attached hydrogens (tertiary/aromatic N) is 2. The Morgan fingerprint density at radius 1 is 1.29 bits per heavy atom. The number of hydrogen-bond donors (Lipinski definition) is 0. The largest absolute Gasteiger partial charge is 0.305 e. The van der Waals surface area contributed by atoms with Crippen LogP contribution in [0.2, 0.25) is 0 Å². The fourth-order valence-corrected chi connectivity index (χ4v) is 1.77. The van der Waals surface area contributed by atoms with Crippen LogP contribution in [-0.2, 0) is 6.54 Å². The second kappa shape index (κ2) is 6.36. The fraction of sp³-hybridized carbons (Fsp3) is 0.400. The monoisotopic (exact) mass is 230 g/mol. The first kappa shape index (κ1) is 13.7. The van der Waals surface area contributed by atoms with Crippen molar-refractivity contribution in [1.29, 1.82) is 0 Å². The molecular formula is C15H22N2. The Hall–Kier alpha value is -1.41. The van der Waals surface area contributed by atoms with Gasteiger partial charge < -0.3 is 4.90 Å². The summed E-state index contributed by atoms with van der Waals surface area (Å²) < 4.78 is 0. The van der Waals surface area contributed by atoms with Crippen molar-refractivity contribution in [2.45, 2.75) is 27.3 Å². The van der Waals surface area contributed by atoms with Crippen LogP contribution in [0.4, 0.5) is 0 Å². The van der Waals surface area contributed by atoms with E-state index in [0.29, 0.717) is 0 Å². The average molecular weight is 230 g/mol. The maximum atomic E-state index is 4.34. The molecule has 0 bridgehead atoms. The lowest BCUT2D eigenvalue weighted by molar-refractivity contribution is 0.402. The van der Waals surface area contributed by atoms with Crippen LogP contribution in [0.5, 0.6) is 0 Å². The molecule has 0 aliphatic heterocycles. The van der Waals surface area contributed by atoms with Crippen LogP contribution in [0.15, 0.2) is 35.0 Å². The summed E-state index contributed by atoms with van der Waals surface area (Å²) >= 11 is 0. The molecule has 0 saturated heterocycles. The summed E-state index contributed by atoms with van der Waals surface area (Å²) in [6, 6.07) is 8.66. The smallest absolute Gasteiger partial charge is 0.0403 e. The summed E-state index contributed by atoms with van der Waals surface area (Å²) in [5.41, 5.74) is 4.91. The molecule has 0 aliphatic carbocycles. The third-order valence-electron chi connectivity index (χ3n) is 2.72. The second-order valence-corrected chi connectivity index (χ2v) is 4.54. The van der Waals surface area contributed by atoms with Gasteiger partial charge in [0, 0.05) is 18.5 Å². The van der Waals surface area contributed by atoms with Gasteiger partial charge in [-0.1, -0.05) is 24.3 Å². The Kier molecular flexibility index (Phi) is 5.11. The van der Waals surface area contributed by atoms with E-state index in [1.807, 2.05) is 20.1 Å². The summed E-state index contributed by atoms with van der Waals surface area (Å²) in [5, 5.41) is 0. The van der Waals surface area contributed by atoms with Gasteiger partial charge in [0.05, 0.1) is 0 Å². The minimum absolute atomic E-state index is 0.969. The normalized spacial score (nSPS) is 13.3. The number of benzene rings is 1. The standard InChI is InChI=1S/C15H22N2/c1-6-16-13(3)12(2)15-9-7-8-14(10-15)11-17(4)5/h6-10H,11H2,1-5H3/b13-12+,16-6?. The molecule has 1 rings (SSSR count). The third-order valence-corrected chi connectivity index (χ3v) is 2.72. The highest BCUT2D eigenvalue weighted by Crippen LogP contribution is 2.20. The summed E-state index contributed by atoms with van der Waals surface area (Å²) in [6.45, 7) is 7.08. The lowest BCUT2D eigenvalue weighted by atomic mass is 10.0. The molecule has 1 aromatic carbocycles. The summed E-state index contributed by atoms with van der Waals surface area (Å²) in [4.78, 5) is 6.51. The van der Waals surface area contributed by atoms with Gasteiger partial charge in [-0.25, -0.2) is 0 Å². The number of rotatable bonds is 4. The Morgan fingerprint density at radius 2 is 2.00 bits per heavy atom. The van der Waals surface area contributed by atoms with E-state index in [9.17, 15) is 0 Å². The zero-order valence-electron chi connectivity index (χ0n) is 11.5. The molecule has 2 nitrogen and oxygen atoms in total. The molecule has 0 atom stereocenters. The van der Waals surface area contributed by atoms with Crippen molar-refractivity contribution in [2.24, 2.45) is 4.99 Å². The summed E-state index contributed by atoms with van der Waals surface area (Å²) in [5.74, 6) is 0. The maximum absolute atomic E-state index is 4.34. The van der Waals surface area contributed by atoms with E-state index in [0.717, 1.165) is 12.2 Å². The van der Waals surface area contributed by atoms with Gasteiger partial charge in [0.15, 0.2) is 0 Å². The number of aliphatic imine (C=N–C) groups is 1. The molecule has 0 spiro atoms. The van der Waals surface area contributed by atoms with Gasteiger partial charge in [0.2, 0.25) is 0 Å². The van der Waals surface area contributed by atoms with Crippen LogP contribution >= 0.6 is 0 Å². The average Bonchev–Trinajstić information content (AvgIpc) is 2.28. The van der Waals surface area contributed by atoms with Gasteiger partial charge >= 0.3 is 0 Å². The molecular weight excluding hydrogens is 208 g/mol. The van der Waals surface area contributed by atoms with Gasteiger partial charge in [-0.15, -0.1) is 0 Å². The van der Waals surface area contributed by atoms with Gasteiger partial charge in [-0.05, 0) is 51.6 Å². The Labute approximate surface area is 105 Å². The van der Waals surface area contributed by atoms with Gasteiger partial charge in [-0.2, -0.15) is 0 Å². The molecule has 0 aliphatic rings. The predicted molar refractivity (Wildman–Crippen MR) is 76.3 cm³/mol. The van der Waals surface area contributed by atoms with Gasteiger partial charge in [-0.3, -0.25) is 4.99 Å². The molecule has 0 N–H and O–H groups in total. The molecule has 0 heterocycles. The van der Waals surface area contributed by atoms with E-state index < -0.39 is 0 Å². The lowest BCUT2D eigenvalue weighted by Crippen LogP contribution is -2.10. The molecule has 1 aromatic rings. The molecule has 0 saturated carbocycles. The second-order valence-electron chi connectivity index (χ2n) is 4.54. The topological polar surface area (TPSA) is 15.6 Å². The predicted octanol–water partition coefficient (Wildman–Crippen LogP) is 3.59. The van der Waals surface area contributed by atoms with E-state index in [1.165, 1.54) is 16.7 Å². The first-order valence-corrected chi connectivity index (χ1v) is 5.94. The quantitative estimate of drug-likeness (QED) is 0.722. The SMILES string of the molecule is CC=N/C(C)=C(\C)c1cccc(CN(C)C)c1. The first-order valence-electron chi connectivity index (χ1n) is 5.94. The molecule has 0 unspecified atom stereocenters. The highest BCUT2D eigenvalue weighted by atomic mass is 15.0. The highest BCUT2D eigenvalue weighted by molar-refractivity contribution is 5.69. The maximum Gasteiger partial charge on any atom is 0.0403 e. The van der Waals surface area contributed by atoms with Crippen LogP contribution in [0.25, 0.3) is 5.57 Å². The lowest BCUT2D eigenvalue weighted by Gasteiger charge is -2.11. The van der Waals surface area contributed by atoms with E-state index in [-0.39, 0.29) is 0 Å². The van der Waals surface area contributed by atoms with E-state index in [1.54, 1.807) is 0 Å². The summed E-state index contributed by atoms with van der Waals surface area (Å²) in [7, 11) is 4.17. The van der Waals surface area contributed by atoms with Crippen LogP contribution in [0.1, 0.15) is 31.9 Å². The first-order chi connectivity index (χ1) is 8.04. The van der Waals surface area contributed by atoms with Crippen LogP contribution < -0.4 is 0 Å². The van der Waals surface area contributed by atoms with Crippen LogP contribution in [-0.4, -0.2) is 25.2 Å². The van der Waals surface area contributed by atoms with Crippen LogP contribution in [0, 0.1) is 0 Å². The van der Waals surface area contributed by atoms with Gasteiger partial charge in [0.25, 0.3) is 0 Å². The van der Waals surface area contributed by atoms with Crippen molar-refractivity contribution in [3.63, 3.8) is 0 Å². The summed E-state index contributed by atoms with van der Waals surface area (Å²) in [6.07, 6.45) is 1.84.